The van der Waals surface area contributed by atoms with Gasteiger partial charge in [-0.1, -0.05) is 54.6 Å². The molecule has 244 valence electrons. The lowest BCUT2D eigenvalue weighted by molar-refractivity contribution is -0.142. The number of nitrogens with one attached hydrogen (secondary N) is 1. The lowest BCUT2D eigenvalue weighted by Gasteiger charge is -2.22. The number of rotatable bonds is 12. The molecule has 1 fully saturated rings. The first-order valence-corrected chi connectivity index (χ1v) is 15.7. The average molecular weight is 642 g/mol. The number of fused-ring (bicyclic) bond motifs is 1. The van der Waals surface area contributed by atoms with Crippen molar-refractivity contribution < 1.29 is 32.9 Å². The first-order chi connectivity index (χ1) is 22.7. The van der Waals surface area contributed by atoms with Crippen LogP contribution in [0.3, 0.4) is 0 Å². The number of aliphatic hydroxyl groups is 1. The largest absolute Gasteiger partial charge is 0.480 e. The van der Waals surface area contributed by atoms with Crippen molar-refractivity contribution in [3.8, 4) is 39.5 Å². The van der Waals surface area contributed by atoms with Gasteiger partial charge < -0.3 is 24.7 Å². The van der Waals surface area contributed by atoms with Crippen molar-refractivity contribution in [2.24, 2.45) is 0 Å². The summed E-state index contributed by atoms with van der Waals surface area (Å²) in [5.74, 6) is -0.637. The molecule has 2 heterocycles. The van der Waals surface area contributed by atoms with Gasteiger partial charge in [-0.05, 0) is 84.3 Å². The van der Waals surface area contributed by atoms with Crippen molar-refractivity contribution in [2.45, 2.75) is 52.4 Å². The molecule has 0 aliphatic carbocycles. The van der Waals surface area contributed by atoms with E-state index < -0.39 is 18.6 Å². The summed E-state index contributed by atoms with van der Waals surface area (Å²) in [4.78, 5) is 18.2. The standard InChI is InChI=1S/C37H37F2N3O5/c1-22-27(25-13-11-24(12-14-25)20-40-15-17-43)6-3-7-28(22)29-8-4-9-30(23(29)2)35-41-31-18-26(21-42-16-5-10-32(42)36(44)45)33(47-37(38)39)19-34(31)46-35/h3-4,6-9,11-14,18-19,32,37,40,43H,5,10,15-17,20-21H2,1-2H3,(H,44,45)/t32-/m0/s1. The van der Waals surface area contributed by atoms with Gasteiger partial charge in [-0.15, -0.1) is 0 Å². The van der Waals surface area contributed by atoms with Crippen molar-refractivity contribution >= 4 is 17.1 Å². The second kappa shape index (κ2) is 14.0. The first-order valence-electron chi connectivity index (χ1n) is 15.7. The lowest BCUT2D eigenvalue weighted by Crippen LogP contribution is -2.35. The average Bonchev–Trinajstić information content (AvgIpc) is 3.69. The molecule has 0 bridgehead atoms. The predicted octanol–water partition coefficient (Wildman–Crippen LogP) is 7.18. The molecule has 3 N–H and O–H groups in total. The molecule has 0 amide bonds. The fourth-order valence-corrected chi connectivity index (χ4v) is 6.47. The molecule has 1 aliphatic heterocycles. The Hall–Kier alpha value is -4.64. The van der Waals surface area contributed by atoms with E-state index in [1.807, 2.05) is 25.1 Å². The van der Waals surface area contributed by atoms with Crippen molar-refractivity contribution in [1.82, 2.24) is 15.2 Å². The first kappa shape index (κ1) is 32.3. The molecule has 47 heavy (non-hydrogen) atoms. The number of halogens is 2. The van der Waals surface area contributed by atoms with Gasteiger partial charge in [-0.25, -0.2) is 4.98 Å². The van der Waals surface area contributed by atoms with E-state index in [2.05, 4.69) is 54.7 Å². The second-order valence-electron chi connectivity index (χ2n) is 11.8. The number of hydrogen-bond donors (Lipinski definition) is 3. The van der Waals surface area contributed by atoms with Crippen LogP contribution in [0.2, 0.25) is 0 Å². The molecule has 10 heteroatoms. The van der Waals surface area contributed by atoms with Gasteiger partial charge in [-0.2, -0.15) is 8.78 Å². The second-order valence-corrected chi connectivity index (χ2v) is 11.8. The molecule has 6 rings (SSSR count). The van der Waals surface area contributed by atoms with Gasteiger partial charge in [0.25, 0.3) is 0 Å². The third kappa shape index (κ3) is 6.90. The van der Waals surface area contributed by atoms with Gasteiger partial charge in [0, 0.05) is 36.8 Å². The normalized spacial score (nSPS) is 15.1. The Labute approximate surface area is 271 Å². The number of likely N-dealkylation sites (tertiary alicyclic amines) is 1. The maximum absolute atomic E-state index is 13.4. The Kier molecular flexibility index (Phi) is 9.63. The smallest absolute Gasteiger partial charge is 0.387 e. The zero-order chi connectivity index (χ0) is 33.1. The Morgan fingerprint density at radius 3 is 2.38 bits per heavy atom. The highest BCUT2D eigenvalue weighted by Crippen LogP contribution is 2.38. The number of oxazole rings is 1. The van der Waals surface area contributed by atoms with E-state index in [4.69, 9.17) is 19.2 Å². The third-order valence-corrected chi connectivity index (χ3v) is 8.88. The molecule has 8 nitrogen and oxygen atoms in total. The topological polar surface area (TPSA) is 108 Å². The Morgan fingerprint density at radius 2 is 1.70 bits per heavy atom. The summed E-state index contributed by atoms with van der Waals surface area (Å²) >= 11 is 0. The molecule has 1 aliphatic rings. The highest BCUT2D eigenvalue weighted by Gasteiger charge is 2.31. The van der Waals surface area contributed by atoms with Crippen LogP contribution < -0.4 is 10.1 Å². The maximum Gasteiger partial charge on any atom is 0.387 e. The molecule has 4 aromatic carbocycles. The number of aliphatic hydroxyl groups excluding tert-OH is 1. The van der Waals surface area contributed by atoms with E-state index in [1.165, 1.54) is 6.07 Å². The summed E-state index contributed by atoms with van der Waals surface area (Å²) < 4.78 is 37.8. The molecular formula is C37H37F2N3O5. The van der Waals surface area contributed by atoms with Crippen LogP contribution in [0.4, 0.5) is 8.78 Å². The van der Waals surface area contributed by atoms with E-state index in [-0.39, 0.29) is 18.9 Å². The van der Waals surface area contributed by atoms with E-state index in [0.29, 0.717) is 55.0 Å². The van der Waals surface area contributed by atoms with E-state index in [0.717, 1.165) is 44.5 Å². The van der Waals surface area contributed by atoms with Crippen LogP contribution >= 0.6 is 0 Å². The van der Waals surface area contributed by atoms with Crippen molar-refractivity contribution in [1.29, 1.82) is 0 Å². The van der Waals surface area contributed by atoms with E-state index in [9.17, 15) is 18.7 Å². The van der Waals surface area contributed by atoms with Crippen LogP contribution in [0.5, 0.6) is 5.75 Å². The summed E-state index contributed by atoms with van der Waals surface area (Å²) in [6.07, 6.45) is 1.22. The Balaban J connectivity index is 1.33. The quantitative estimate of drug-likeness (QED) is 0.123. The van der Waals surface area contributed by atoms with E-state index in [1.54, 1.807) is 11.0 Å². The van der Waals surface area contributed by atoms with Crippen LogP contribution in [-0.4, -0.2) is 58.4 Å². The number of carboxylic acid groups (broad SMARTS) is 1. The number of benzene rings is 4. The zero-order valence-electron chi connectivity index (χ0n) is 26.3. The minimum atomic E-state index is -3.05. The fraction of sp³-hybridized carbons (Fsp3) is 0.297. The monoisotopic (exact) mass is 641 g/mol. The fourth-order valence-electron chi connectivity index (χ4n) is 6.47. The van der Waals surface area contributed by atoms with Crippen LogP contribution in [0.25, 0.3) is 44.8 Å². The Bertz CT molecular complexity index is 1890. The number of ether oxygens (including phenoxy) is 1. The van der Waals surface area contributed by atoms with Crippen molar-refractivity contribution in [3.05, 3.63) is 95.1 Å². The molecular weight excluding hydrogens is 604 g/mol. The maximum atomic E-state index is 13.4. The number of carboxylic acids is 1. The highest BCUT2D eigenvalue weighted by atomic mass is 19.3. The number of aliphatic carboxylic acids is 1. The molecule has 5 aromatic rings. The number of nitrogens with zero attached hydrogens (tertiary/aromatic N) is 2. The van der Waals surface area contributed by atoms with Gasteiger partial charge in [0.15, 0.2) is 5.58 Å². The van der Waals surface area contributed by atoms with Gasteiger partial charge in [0.05, 0.1) is 6.61 Å². The van der Waals surface area contributed by atoms with Crippen molar-refractivity contribution in [3.63, 3.8) is 0 Å². The third-order valence-electron chi connectivity index (χ3n) is 8.88. The van der Waals surface area contributed by atoms with Crippen molar-refractivity contribution in [2.75, 3.05) is 19.7 Å². The number of alkyl halides is 2. The molecule has 1 atom stereocenters. The number of carbonyl (C=O) groups is 1. The van der Waals surface area contributed by atoms with Crippen LogP contribution in [-0.2, 0) is 17.9 Å². The summed E-state index contributed by atoms with van der Waals surface area (Å²) in [7, 11) is 0. The molecule has 0 saturated carbocycles. The minimum Gasteiger partial charge on any atom is -0.480 e. The van der Waals surface area contributed by atoms with Gasteiger partial charge in [0.2, 0.25) is 5.89 Å². The Morgan fingerprint density at radius 1 is 1.02 bits per heavy atom. The molecule has 0 unspecified atom stereocenters. The highest BCUT2D eigenvalue weighted by molar-refractivity contribution is 5.84. The summed E-state index contributed by atoms with van der Waals surface area (Å²) in [6.45, 7) is 3.10. The van der Waals surface area contributed by atoms with Gasteiger partial charge >= 0.3 is 12.6 Å². The van der Waals surface area contributed by atoms with Crippen LogP contribution in [0, 0.1) is 13.8 Å². The minimum absolute atomic E-state index is 0.0568. The summed E-state index contributed by atoms with van der Waals surface area (Å²) in [6, 6.07) is 22.9. The zero-order valence-corrected chi connectivity index (χ0v) is 26.3. The van der Waals surface area contributed by atoms with Gasteiger partial charge in [-0.3, -0.25) is 9.69 Å². The molecule has 1 aromatic heterocycles. The number of hydrogen-bond acceptors (Lipinski definition) is 7. The SMILES string of the molecule is Cc1c(-c2ccc(CNCCO)cc2)cccc1-c1cccc(-c2nc3cc(CN4CCC[C@H]4C(=O)O)c(OC(F)F)cc3o2)c1C. The van der Waals surface area contributed by atoms with E-state index >= 15 is 0 Å². The molecule has 0 spiro atoms. The van der Waals surface area contributed by atoms with Crippen LogP contribution in [0.1, 0.15) is 35.1 Å². The predicted molar refractivity (Wildman–Crippen MR) is 176 cm³/mol. The lowest BCUT2D eigenvalue weighted by atomic mass is 9.89. The number of aromatic nitrogens is 1. The summed E-state index contributed by atoms with van der Waals surface area (Å²) in [5, 5.41) is 21.8. The summed E-state index contributed by atoms with van der Waals surface area (Å²) in [5.41, 5.74) is 9.49. The van der Waals surface area contributed by atoms with Gasteiger partial charge in [0.1, 0.15) is 17.3 Å². The molecule has 0 radical (unpaired) electrons. The molecule has 1 saturated heterocycles. The van der Waals surface area contributed by atoms with Crippen LogP contribution in [0.15, 0.2) is 77.2 Å².